The van der Waals surface area contributed by atoms with E-state index in [4.69, 9.17) is 17.3 Å². The minimum absolute atomic E-state index is 0.625. The van der Waals surface area contributed by atoms with Crippen LogP contribution in [0.4, 0.5) is 0 Å². The molecule has 1 aromatic heterocycles. The fourth-order valence-electron chi connectivity index (χ4n) is 1.87. The van der Waals surface area contributed by atoms with Gasteiger partial charge >= 0.3 is 0 Å². The van der Waals surface area contributed by atoms with Crippen LogP contribution >= 0.6 is 11.6 Å². The highest BCUT2D eigenvalue weighted by Crippen LogP contribution is 2.24. The number of halogens is 1. The molecule has 0 bridgehead atoms. The normalized spacial score (nSPS) is 11.2. The molecular weight excluding hydrogens is 210 g/mol. The quantitative estimate of drug-likeness (QED) is 0.847. The van der Waals surface area contributed by atoms with Gasteiger partial charge in [-0.15, -0.1) is 0 Å². The molecule has 3 nitrogen and oxygen atoms in total. The molecule has 0 aliphatic heterocycles. The standard InChI is InChI=1S/C11H14ClN3/c1-7-14-10-6-9(12)5-8(3-4-13)11(10)15(7)2/h5-6H,3-4,13H2,1-2H3. The summed E-state index contributed by atoms with van der Waals surface area (Å²) in [6.45, 7) is 2.61. The molecule has 4 heteroatoms. The van der Waals surface area contributed by atoms with Crippen LogP contribution < -0.4 is 5.73 Å². The summed E-state index contributed by atoms with van der Waals surface area (Å²) in [6, 6.07) is 3.86. The third-order valence-electron chi connectivity index (χ3n) is 2.65. The second kappa shape index (κ2) is 3.83. The first kappa shape index (κ1) is 10.5. The van der Waals surface area contributed by atoms with Crippen molar-refractivity contribution in [3.8, 4) is 0 Å². The first-order chi connectivity index (χ1) is 7.13. The van der Waals surface area contributed by atoms with Crippen molar-refractivity contribution >= 4 is 22.6 Å². The Balaban J connectivity index is 2.75. The molecule has 80 valence electrons. The Morgan fingerprint density at radius 1 is 1.47 bits per heavy atom. The number of nitrogens with two attached hydrogens (primary N) is 1. The average molecular weight is 224 g/mol. The molecule has 0 saturated heterocycles. The first-order valence-electron chi connectivity index (χ1n) is 4.95. The van der Waals surface area contributed by atoms with Crippen LogP contribution in [0.1, 0.15) is 11.4 Å². The minimum Gasteiger partial charge on any atom is -0.331 e. The number of rotatable bonds is 2. The molecule has 1 aromatic carbocycles. The van der Waals surface area contributed by atoms with E-state index in [9.17, 15) is 0 Å². The Morgan fingerprint density at radius 2 is 2.20 bits per heavy atom. The number of hydrogen-bond acceptors (Lipinski definition) is 2. The fraction of sp³-hybridized carbons (Fsp3) is 0.364. The first-order valence-corrected chi connectivity index (χ1v) is 5.33. The number of aromatic nitrogens is 2. The number of fused-ring (bicyclic) bond motifs is 1. The lowest BCUT2D eigenvalue weighted by Gasteiger charge is -2.05. The molecule has 0 atom stereocenters. The maximum Gasteiger partial charge on any atom is 0.106 e. The lowest BCUT2D eigenvalue weighted by atomic mass is 10.1. The monoisotopic (exact) mass is 223 g/mol. The molecule has 15 heavy (non-hydrogen) atoms. The minimum atomic E-state index is 0.625. The maximum atomic E-state index is 6.03. The molecule has 2 N–H and O–H groups in total. The van der Waals surface area contributed by atoms with Crippen LogP contribution in [0, 0.1) is 6.92 Å². The number of hydrogen-bond donors (Lipinski definition) is 1. The van der Waals surface area contributed by atoms with Crippen molar-refractivity contribution in [1.29, 1.82) is 0 Å². The zero-order valence-electron chi connectivity index (χ0n) is 8.92. The van der Waals surface area contributed by atoms with E-state index in [1.807, 2.05) is 26.1 Å². The van der Waals surface area contributed by atoms with E-state index in [0.717, 1.165) is 28.3 Å². The van der Waals surface area contributed by atoms with Gasteiger partial charge < -0.3 is 10.3 Å². The van der Waals surface area contributed by atoms with Crippen LogP contribution in [0.25, 0.3) is 11.0 Å². The molecule has 0 aliphatic rings. The van der Waals surface area contributed by atoms with Crippen LogP contribution in [-0.2, 0) is 13.5 Å². The van der Waals surface area contributed by atoms with Gasteiger partial charge in [-0.05, 0) is 37.6 Å². The van der Waals surface area contributed by atoms with E-state index >= 15 is 0 Å². The Bertz CT molecular complexity index is 502. The number of imidazole rings is 1. The smallest absolute Gasteiger partial charge is 0.106 e. The van der Waals surface area contributed by atoms with Crippen molar-refractivity contribution in [2.24, 2.45) is 12.8 Å². The summed E-state index contributed by atoms with van der Waals surface area (Å²) in [6.07, 6.45) is 0.829. The second-order valence-corrected chi connectivity index (χ2v) is 4.13. The van der Waals surface area contributed by atoms with Gasteiger partial charge in [-0.3, -0.25) is 0 Å². The van der Waals surface area contributed by atoms with Gasteiger partial charge in [0.25, 0.3) is 0 Å². The van der Waals surface area contributed by atoms with Crippen molar-refractivity contribution in [3.05, 3.63) is 28.5 Å². The number of aryl methyl sites for hydroxylation is 2. The van der Waals surface area contributed by atoms with Gasteiger partial charge in [-0.1, -0.05) is 11.6 Å². The third kappa shape index (κ3) is 1.73. The van der Waals surface area contributed by atoms with Crippen LogP contribution in [0.2, 0.25) is 5.02 Å². The summed E-state index contributed by atoms with van der Waals surface area (Å²) < 4.78 is 2.08. The van der Waals surface area contributed by atoms with Crippen molar-refractivity contribution in [3.63, 3.8) is 0 Å². The Hall–Kier alpha value is -1.06. The molecule has 2 aromatic rings. The van der Waals surface area contributed by atoms with Gasteiger partial charge in [0.05, 0.1) is 11.0 Å². The molecule has 0 radical (unpaired) electrons. The maximum absolute atomic E-state index is 6.03. The number of benzene rings is 1. The van der Waals surface area contributed by atoms with E-state index in [2.05, 4.69) is 9.55 Å². The number of nitrogens with zero attached hydrogens (tertiary/aromatic N) is 2. The Kier molecular flexibility index (Phi) is 2.67. The molecule has 0 aliphatic carbocycles. The van der Waals surface area contributed by atoms with Gasteiger partial charge in [0.1, 0.15) is 5.82 Å². The summed E-state index contributed by atoms with van der Waals surface area (Å²) in [5.74, 6) is 0.991. The lowest BCUT2D eigenvalue weighted by Crippen LogP contribution is -2.04. The summed E-state index contributed by atoms with van der Waals surface area (Å²) in [7, 11) is 2.01. The van der Waals surface area contributed by atoms with E-state index in [-0.39, 0.29) is 0 Å². The van der Waals surface area contributed by atoms with Gasteiger partial charge in [0.2, 0.25) is 0 Å². The predicted molar refractivity (Wildman–Crippen MR) is 63.2 cm³/mol. The van der Waals surface area contributed by atoms with Gasteiger partial charge in [0, 0.05) is 12.1 Å². The lowest BCUT2D eigenvalue weighted by molar-refractivity contribution is 0.873. The van der Waals surface area contributed by atoms with E-state index < -0.39 is 0 Å². The molecule has 2 rings (SSSR count). The highest BCUT2D eigenvalue weighted by molar-refractivity contribution is 6.31. The van der Waals surface area contributed by atoms with Crippen LogP contribution in [0.3, 0.4) is 0 Å². The average Bonchev–Trinajstić information content (AvgIpc) is 2.42. The molecule has 0 fully saturated rings. The molecular formula is C11H14ClN3. The molecule has 0 unspecified atom stereocenters. The van der Waals surface area contributed by atoms with E-state index in [0.29, 0.717) is 6.54 Å². The summed E-state index contributed by atoms with van der Waals surface area (Å²) in [4.78, 5) is 4.45. The molecule has 0 spiro atoms. The van der Waals surface area contributed by atoms with E-state index in [1.54, 1.807) is 0 Å². The van der Waals surface area contributed by atoms with Crippen molar-refractivity contribution in [2.45, 2.75) is 13.3 Å². The highest BCUT2D eigenvalue weighted by atomic mass is 35.5. The van der Waals surface area contributed by atoms with Crippen LogP contribution in [0.5, 0.6) is 0 Å². The predicted octanol–water partition coefficient (Wildman–Crippen LogP) is 2.04. The summed E-state index contributed by atoms with van der Waals surface area (Å²) in [5, 5.41) is 0.726. The molecule has 0 saturated carbocycles. The van der Waals surface area contributed by atoms with Crippen molar-refractivity contribution in [2.75, 3.05) is 6.54 Å². The SMILES string of the molecule is Cc1nc2cc(Cl)cc(CCN)c2n1C. The highest BCUT2D eigenvalue weighted by Gasteiger charge is 2.09. The van der Waals surface area contributed by atoms with Gasteiger partial charge in [-0.2, -0.15) is 0 Å². The van der Waals surface area contributed by atoms with Gasteiger partial charge in [0.15, 0.2) is 0 Å². The molecule has 0 amide bonds. The Morgan fingerprint density at radius 3 is 2.87 bits per heavy atom. The summed E-state index contributed by atoms with van der Waals surface area (Å²) in [5.41, 5.74) is 8.85. The third-order valence-corrected chi connectivity index (χ3v) is 2.87. The fourth-order valence-corrected chi connectivity index (χ4v) is 2.10. The van der Waals surface area contributed by atoms with E-state index in [1.165, 1.54) is 5.56 Å². The Labute approximate surface area is 93.9 Å². The molecule has 1 heterocycles. The van der Waals surface area contributed by atoms with Gasteiger partial charge in [-0.25, -0.2) is 4.98 Å². The van der Waals surface area contributed by atoms with Crippen LogP contribution in [-0.4, -0.2) is 16.1 Å². The largest absolute Gasteiger partial charge is 0.331 e. The van der Waals surface area contributed by atoms with Crippen molar-refractivity contribution < 1.29 is 0 Å². The zero-order valence-corrected chi connectivity index (χ0v) is 9.67. The summed E-state index contributed by atoms with van der Waals surface area (Å²) >= 11 is 6.03. The zero-order chi connectivity index (χ0) is 11.0. The second-order valence-electron chi connectivity index (χ2n) is 3.69. The van der Waals surface area contributed by atoms with Crippen LogP contribution in [0.15, 0.2) is 12.1 Å². The topological polar surface area (TPSA) is 43.8 Å². The van der Waals surface area contributed by atoms with Crippen molar-refractivity contribution in [1.82, 2.24) is 9.55 Å².